The summed E-state index contributed by atoms with van der Waals surface area (Å²) in [6.07, 6.45) is 0.0661. The molecule has 1 atom stereocenters. The average Bonchev–Trinajstić information content (AvgIpc) is 3.08. The topological polar surface area (TPSA) is 91.3 Å². The van der Waals surface area contributed by atoms with Crippen molar-refractivity contribution in [1.82, 2.24) is 15.0 Å². The Morgan fingerprint density at radius 1 is 1.31 bits per heavy atom. The summed E-state index contributed by atoms with van der Waals surface area (Å²) in [6, 6.07) is 9.99. The van der Waals surface area contributed by atoms with Crippen molar-refractivity contribution < 1.29 is 14.6 Å². The lowest BCUT2D eigenvalue weighted by molar-refractivity contribution is -0.136. The number of benzene rings is 1. The summed E-state index contributed by atoms with van der Waals surface area (Å²) in [4.78, 5) is 25.5. The van der Waals surface area contributed by atoms with E-state index < -0.39 is 5.97 Å². The number of carboxylic acid groups (broad SMARTS) is 1. The third-order valence-electron chi connectivity index (χ3n) is 4.70. The van der Waals surface area contributed by atoms with Gasteiger partial charge in [0.2, 0.25) is 0 Å². The van der Waals surface area contributed by atoms with E-state index in [1.54, 1.807) is 0 Å². The second kappa shape index (κ2) is 8.61. The zero-order chi connectivity index (χ0) is 20.4. The number of nitrogens with zero attached hydrogens (tertiary/aromatic N) is 3. The Hall–Kier alpha value is -2.29. The molecule has 2 aromatic heterocycles. The highest BCUT2D eigenvalue weighted by Crippen LogP contribution is 2.32. The fraction of sp³-hybridized carbons (Fsp3) is 0.350. The molecule has 3 aromatic rings. The number of aromatic nitrogens is 3. The number of halogens is 1. The Labute approximate surface area is 177 Å². The van der Waals surface area contributed by atoms with Crippen molar-refractivity contribution in [2.75, 3.05) is 31.2 Å². The number of carbonyl (C=O) groups is 1. The van der Waals surface area contributed by atoms with Gasteiger partial charge in [-0.2, -0.15) is 0 Å². The maximum absolute atomic E-state index is 10.9. The largest absolute Gasteiger partial charge is 0.481 e. The van der Waals surface area contributed by atoms with Crippen LogP contribution in [0.2, 0.25) is 5.02 Å². The Balaban J connectivity index is 1.57. The van der Waals surface area contributed by atoms with Crippen LogP contribution in [0.15, 0.2) is 35.5 Å². The molecule has 0 saturated carbocycles. The van der Waals surface area contributed by atoms with Crippen LogP contribution in [-0.2, 0) is 9.53 Å². The van der Waals surface area contributed by atoms with Crippen molar-refractivity contribution in [3.8, 4) is 11.3 Å². The molecule has 1 aliphatic rings. The maximum Gasteiger partial charge on any atom is 0.304 e. The first kappa shape index (κ1) is 20.0. The zero-order valence-corrected chi connectivity index (χ0v) is 17.5. The number of carboxylic acids is 1. The number of nitrogens with one attached hydrogen (secondary N) is 1. The van der Waals surface area contributed by atoms with Gasteiger partial charge in [-0.1, -0.05) is 42.4 Å². The van der Waals surface area contributed by atoms with E-state index in [2.05, 4.69) is 32.0 Å². The second-order valence-corrected chi connectivity index (χ2v) is 8.74. The van der Waals surface area contributed by atoms with Gasteiger partial charge in [0.15, 0.2) is 10.8 Å². The number of H-pyrrole nitrogens is 1. The quantitative estimate of drug-likeness (QED) is 0.567. The molecule has 1 saturated heterocycles. The van der Waals surface area contributed by atoms with Gasteiger partial charge in [0.25, 0.3) is 0 Å². The molecule has 0 radical (unpaired) electrons. The number of aliphatic carboxylic acids is 1. The number of thioether (sulfide) groups is 1. The monoisotopic (exact) mass is 432 g/mol. The molecule has 1 unspecified atom stereocenters. The van der Waals surface area contributed by atoms with Crippen molar-refractivity contribution in [2.24, 2.45) is 0 Å². The van der Waals surface area contributed by atoms with E-state index in [1.807, 2.05) is 25.1 Å². The van der Waals surface area contributed by atoms with Crippen molar-refractivity contribution in [3.05, 3.63) is 35.4 Å². The molecule has 152 valence electrons. The number of morpholine rings is 1. The van der Waals surface area contributed by atoms with Gasteiger partial charge < -0.3 is 19.7 Å². The molecule has 4 rings (SSSR count). The first-order valence-electron chi connectivity index (χ1n) is 9.37. The molecule has 29 heavy (non-hydrogen) atoms. The van der Waals surface area contributed by atoms with Gasteiger partial charge in [-0.15, -0.1) is 0 Å². The fourth-order valence-corrected chi connectivity index (χ4v) is 4.46. The summed E-state index contributed by atoms with van der Waals surface area (Å²) in [5.41, 5.74) is 4.04. The predicted molar refractivity (Wildman–Crippen MR) is 115 cm³/mol. The summed E-state index contributed by atoms with van der Waals surface area (Å²) in [5, 5.41) is 9.99. The van der Waals surface area contributed by atoms with E-state index in [-0.39, 0.29) is 11.7 Å². The summed E-state index contributed by atoms with van der Waals surface area (Å²) >= 11 is 7.86. The highest BCUT2D eigenvalue weighted by molar-refractivity contribution is 7.99. The van der Waals surface area contributed by atoms with Crippen LogP contribution in [0.5, 0.6) is 0 Å². The lowest BCUT2D eigenvalue weighted by Crippen LogP contribution is -2.36. The third kappa shape index (κ3) is 4.66. The van der Waals surface area contributed by atoms with E-state index in [0.717, 1.165) is 43.1 Å². The summed E-state index contributed by atoms with van der Waals surface area (Å²) in [6.45, 7) is 5.12. The molecule has 0 aliphatic carbocycles. The predicted octanol–water partition coefficient (Wildman–Crippen LogP) is 4.07. The van der Waals surface area contributed by atoms with Crippen LogP contribution in [0.1, 0.15) is 13.3 Å². The Morgan fingerprint density at radius 3 is 2.72 bits per heavy atom. The van der Waals surface area contributed by atoms with Crippen LogP contribution in [0.4, 0.5) is 5.69 Å². The molecule has 7 nitrogen and oxygen atoms in total. The first-order valence-corrected chi connectivity index (χ1v) is 10.6. The molecule has 1 aliphatic heterocycles. The third-order valence-corrected chi connectivity index (χ3v) is 5.97. The number of ether oxygens (including phenoxy) is 1. The smallest absolute Gasteiger partial charge is 0.304 e. The average molecular weight is 433 g/mol. The van der Waals surface area contributed by atoms with Crippen LogP contribution in [0, 0.1) is 0 Å². The Bertz CT molecular complexity index is 1020. The number of aromatic amines is 1. The summed E-state index contributed by atoms with van der Waals surface area (Å²) in [7, 11) is 0. The highest BCUT2D eigenvalue weighted by Gasteiger charge is 2.16. The number of anilines is 1. The van der Waals surface area contributed by atoms with Crippen molar-refractivity contribution in [3.63, 3.8) is 0 Å². The van der Waals surface area contributed by atoms with Crippen molar-refractivity contribution >= 4 is 46.2 Å². The summed E-state index contributed by atoms with van der Waals surface area (Å²) < 4.78 is 5.41. The zero-order valence-electron chi connectivity index (χ0n) is 15.9. The molecule has 9 heteroatoms. The van der Waals surface area contributed by atoms with E-state index in [1.165, 1.54) is 11.8 Å². The Morgan fingerprint density at radius 2 is 2.03 bits per heavy atom. The standard InChI is InChI=1S/C20H21ClN4O3S/c1-12(10-17(26)27)29-20-22-16-11-15(21)18(23-19(16)24-20)13-2-4-14(5-3-13)25-6-8-28-9-7-25/h2-5,11-12H,6-10H2,1H3,(H,26,27)(H,22,23,24). The van der Waals surface area contributed by atoms with Gasteiger partial charge in [-0.3, -0.25) is 4.79 Å². The molecule has 3 heterocycles. The van der Waals surface area contributed by atoms with Crippen molar-refractivity contribution in [2.45, 2.75) is 23.8 Å². The number of fused-ring (bicyclic) bond motifs is 1. The van der Waals surface area contributed by atoms with E-state index in [4.69, 9.17) is 21.4 Å². The maximum atomic E-state index is 10.9. The van der Waals surface area contributed by atoms with Crippen LogP contribution in [-0.4, -0.2) is 57.6 Å². The summed E-state index contributed by atoms with van der Waals surface area (Å²) in [5.74, 6) is -0.829. The van der Waals surface area contributed by atoms with Crippen LogP contribution < -0.4 is 4.90 Å². The van der Waals surface area contributed by atoms with E-state index >= 15 is 0 Å². The van der Waals surface area contributed by atoms with Crippen LogP contribution >= 0.6 is 23.4 Å². The van der Waals surface area contributed by atoms with Crippen molar-refractivity contribution in [1.29, 1.82) is 0 Å². The van der Waals surface area contributed by atoms with Gasteiger partial charge in [0.05, 0.1) is 35.9 Å². The number of imidazole rings is 1. The second-order valence-electron chi connectivity index (χ2n) is 6.90. The van der Waals surface area contributed by atoms with Gasteiger partial charge in [-0.05, 0) is 18.2 Å². The fourth-order valence-electron chi connectivity index (χ4n) is 3.28. The van der Waals surface area contributed by atoms with E-state index in [0.29, 0.717) is 21.5 Å². The van der Waals surface area contributed by atoms with Crippen LogP contribution in [0.25, 0.3) is 22.4 Å². The molecule has 0 bridgehead atoms. The SMILES string of the molecule is CC(CC(=O)O)Sc1nc2nc(-c3ccc(N4CCOCC4)cc3)c(Cl)cc2[nH]1. The normalized spacial score (nSPS) is 15.6. The minimum Gasteiger partial charge on any atom is -0.481 e. The number of hydrogen-bond acceptors (Lipinski definition) is 6. The molecule has 2 N–H and O–H groups in total. The number of hydrogen-bond donors (Lipinski definition) is 2. The molecular weight excluding hydrogens is 412 g/mol. The molecule has 0 spiro atoms. The molecule has 1 aromatic carbocycles. The lowest BCUT2D eigenvalue weighted by atomic mass is 10.1. The molecule has 1 fully saturated rings. The van der Waals surface area contributed by atoms with Gasteiger partial charge in [0.1, 0.15) is 0 Å². The number of rotatable bonds is 6. The van der Waals surface area contributed by atoms with Gasteiger partial charge >= 0.3 is 5.97 Å². The molecular formula is C20H21ClN4O3S. The molecule has 0 amide bonds. The minimum atomic E-state index is -0.829. The van der Waals surface area contributed by atoms with Gasteiger partial charge in [0, 0.05) is 29.6 Å². The van der Waals surface area contributed by atoms with E-state index in [9.17, 15) is 4.79 Å². The van der Waals surface area contributed by atoms with Crippen LogP contribution in [0.3, 0.4) is 0 Å². The first-order chi connectivity index (χ1) is 14.0. The minimum absolute atomic E-state index is 0.0661. The highest BCUT2D eigenvalue weighted by atomic mass is 35.5. The Kier molecular flexibility index (Phi) is 5.94. The number of pyridine rings is 1. The lowest BCUT2D eigenvalue weighted by Gasteiger charge is -2.28. The van der Waals surface area contributed by atoms with Gasteiger partial charge in [-0.25, -0.2) is 9.97 Å².